The van der Waals surface area contributed by atoms with Crippen LogP contribution in [0.3, 0.4) is 0 Å². The Morgan fingerprint density at radius 3 is 2.88 bits per heavy atom. The molecule has 0 N–H and O–H groups in total. The first-order chi connectivity index (χ1) is 11.6. The zero-order valence-electron chi connectivity index (χ0n) is 14.3. The third-order valence-corrected chi connectivity index (χ3v) is 5.20. The van der Waals surface area contributed by atoms with Crippen LogP contribution in [0.1, 0.15) is 23.0 Å². The van der Waals surface area contributed by atoms with Gasteiger partial charge in [0.05, 0.1) is 18.9 Å². The highest BCUT2D eigenvalue weighted by molar-refractivity contribution is 5.95. The molecule has 0 bridgehead atoms. The number of hydrogen-bond acceptors (Lipinski definition) is 4. The maximum Gasteiger partial charge on any atom is 0.254 e. The molecule has 0 saturated carbocycles. The van der Waals surface area contributed by atoms with Gasteiger partial charge < -0.3 is 14.0 Å². The second-order valence-corrected chi connectivity index (χ2v) is 6.97. The van der Waals surface area contributed by atoms with Crippen LogP contribution in [-0.4, -0.2) is 70.5 Å². The molecule has 6 nitrogen and oxygen atoms in total. The Morgan fingerprint density at radius 1 is 1.29 bits per heavy atom. The van der Waals surface area contributed by atoms with Gasteiger partial charge in [-0.1, -0.05) is 6.92 Å². The van der Waals surface area contributed by atoms with Crippen molar-refractivity contribution < 1.29 is 9.53 Å². The molecule has 2 aliphatic rings. The maximum atomic E-state index is 12.9. The number of likely N-dealkylation sites (tertiary alicyclic amines) is 1. The molecule has 4 heterocycles. The molecule has 0 aromatic carbocycles. The van der Waals surface area contributed by atoms with E-state index in [1.807, 2.05) is 40.8 Å². The van der Waals surface area contributed by atoms with Gasteiger partial charge in [-0.15, -0.1) is 0 Å². The third kappa shape index (κ3) is 2.80. The lowest BCUT2D eigenvalue weighted by Crippen LogP contribution is -2.47. The van der Waals surface area contributed by atoms with Gasteiger partial charge in [-0.3, -0.25) is 9.69 Å². The molecule has 2 atom stereocenters. The van der Waals surface area contributed by atoms with E-state index in [0.717, 1.165) is 56.3 Å². The van der Waals surface area contributed by atoms with Crippen molar-refractivity contribution in [2.75, 3.05) is 39.4 Å². The maximum absolute atomic E-state index is 12.9. The van der Waals surface area contributed by atoms with Crippen LogP contribution in [0.25, 0.3) is 5.65 Å². The third-order valence-electron chi connectivity index (χ3n) is 5.20. The summed E-state index contributed by atoms with van der Waals surface area (Å²) in [6.07, 6.45) is 3.89. The van der Waals surface area contributed by atoms with Crippen molar-refractivity contribution in [2.24, 2.45) is 5.92 Å². The molecule has 0 spiro atoms. The Morgan fingerprint density at radius 2 is 2.08 bits per heavy atom. The van der Waals surface area contributed by atoms with Gasteiger partial charge in [0.25, 0.3) is 5.91 Å². The van der Waals surface area contributed by atoms with Gasteiger partial charge in [0.1, 0.15) is 5.65 Å². The quantitative estimate of drug-likeness (QED) is 0.837. The van der Waals surface area contributed by atoms with Gasteiger partial charge in [0.15, 0.2) is 0 Å². The molecule has 2 aromatic heterocycles. The van der Waals surface area contributed by atoms with Crippen LogP contribution in [0.15, 0.2) is 24.5 Å². The largest absolute Gasteiger partial charge is 0.379 e. The normalized spacial score (nSPS) is 25.5. The van der Waals surface area contributed by atoms with Crippen LogP contribution in [-0.2, 0) is 4.74 Å². The number of hydrogen-bond donors (Lipinski definition) is 0. The second-order valence-electron chi connectivity index (χ2n) is 6.97. The number of amides is 1. The van der Waals surface area contributed by atoms with E-state index in [1.165, 1.54) is 0 Å². The summed E-state index contributed by atoms with van der Waals surface area (Å²) in [5.41, 5.74) is 2.51. The van der Waals surface area contributed by atoms with E-state index in [0.29, 0.717) is 12.0 Å². The van der Waals surface area contributed by atoms with Gasteiger partial charge in [-0.2, -0.15) is 0 Å². The van der Waals surface area contributed by atoms with Crippen LogP contribution < -0.4 is 0 Å². The monoisotopic (exact) mass is 328 g/mol. The Kier molecular flexibility index (Phi) is 4.02. The molecule has 2 aromatic rings. The standard InChI is InChI=1S/C18H24N4O2/c1-13-10-22(12-16(13)20-5-7-24-8-6-20)18(23)15-3-4-21-11-14(2)19-17(21)9-15/h3-4,9,11,13,16H,5-8,10,12H2,1-2H3. The molecule has 4 rings (SSSR count). The summed E-state index contributed by atoms with van der Waals surface area (Å²) < 4.78 is 7.40. The fraction of sp³-hybridized carbons (Fsp3) is 0.556. The van der Waals surface area contributed by atoms with Crippen LogP contribution >= 0.6 is 0 Å². The number of carbonyl (C=O) groups is 1. The van der Waals surface area contributed by atoms with Crippen LogP contribution in [0, 0.1) is 12.8 Å². The number of imidazole rings is 1. The lowest BCUT2D eigenvalue weighted by atomic mass is 10.0. The summed E-state index contributed by atoms with van der Waals surface area (Å²) in [5.74, 6) is 0.602. The molecule has 128 valence electrons. The number of morpholine rings is 1. The number of pyridine rings is 1. The van der Waals surface area contributed by atoms with E-state index in [2.05, 4.69) is 16.8 Å². The van der Waals surface area contributed by atoms with Gasteiger partial charge >= 0.3 is 0 Å². The number of rotatable bonds is 2. The second kappa shape index (κ2) is 6.18. The highest BCUT2D eigenvalue weighted by atomic mass is 16.5. The molecular weight excluding hydrogens is 304 g/mol. The highest BCUT2D eigenvalue weighted by Gasteiger charge is 2.36. The van der Waals surface area contributed by atoms with Crippen molar-refractivity contribution in [3.05, 3.63) is 35.8 Å². The van der Waals surface area contributed by atoms with E-state index in [1.54, 1.807) is 0 Å². The summed E-state index contributed by atoms with van der Waals surface area (Å²) in [5, 5.41) is 0. The number of aryl methyl sites for hydroxylation is 1. The predicted molar refractivity (Wildman–Crippen MR) is 91.2 cm³/mol. The van der Waals surface area contributed by atoms with Crippen molar-refractivity contribution in [1.29, 1.82) is 0 Å². The number of ether oxygens (including phenoxy) is 1. The first-order valence-electron chi connectivity index (χ1n) is 8.68. The Labute approximate surface area is 142 Å². The lowest BCUT2D eigenvalue weighted by Gasteiger charge is -2.33. The Hall–Kier alpha value is -1.92. The highest BCUT2D eigenvalue weighted by Crippen LogP contribution is 2.24. The average Bonchev–Trinajstić information content (AvgIpc) is 3.16. The first-order valence-corrected chi connectivity index (χ1v) is 8.68. The van der Waals surface area contributed by atoms with Gasteiger partial charge in [0.2, 0.25) is 0 Å². The Bertz CT molecular complexity index is 751. The molecule has 1 amide bonds. The molecule has 2 fully saturated rings. The summed E-state index contributed by atoms with van der Waals surface area (Å²) in [6.45, 7) is 9.36. The minimum absolute atomic E-state index is 0.112. The SMILES string of the molecule is Cc1cn2ccc(C(=O)N3CC(C)C(N4CCOCC4)C3)cc2n1. The minimum atomic E-state index is 0.112. The van der Waals surface area contributed by atoms with Gasteiger partial charge in [0, 0.05) is 50.2 Å². The fourth-order valence-corrected chi connectivity index (χ4v) is 3.92. The molecule has 0 aliphatic carbocycles. The van der Waals surface area contributed by atoms with Crippen molar-refractivity contribution in [1.82, 2.24) is 19.2 Å². The smallest absolute Gasteiger partial charge is 0.254 e. The van der Waals surface area contributed by atoms with E-state index in [4.69, 9.17) is 4.74 Å². The number of fused-ring (bicyclic) bond motifs is 1. The summed E-state index contributed by atoms with van der Waals surface area (Å²) in [6, 6.07) is 4.22. The van der Waals surface area contributed by atoms with Crippen molar-refractivity contribution >= 4 is 11.6 Å². The van der Waals surface area contributed by atoms with Crippen LogP contribution in [0.5, 0.6) is 0 Å². The van der Waals surface area contributed by atoms with E-state index >= 15 is 0 Å². The fourth-order valence-electron chi connectivity index (χ4n) is 3.92. The van der Waals surface area contributed by atoms with Crippen LogP contribution in [0.4, 0.5) is 0 Å². The molecule has 6 heteroatoms. The average molecular weight is 328 g/mol. The van der Waals surface area contributed by atoms with E-state index in [-0.39, 0.29) is 5.91 Å². The molecular formula is C18H24N4O2. The van der Waals surface area contributed by atoms with Crippen LogP contribution in [0.2, 0.25) is 0 Å². The van der Waals surface area contributed by atoms with Crippen molar-refractivity contribution in [3.8, 4) is 0 Å². The topological polar surface area (TPSA) is 50.1 Å². The predicted octanol–water partition coefficient (Wildman–Crippen LogP) is 1.44. The summed E-state index contributed by atoms with van der Waals surface area (Å²) in [7, 11) is 0. The molecule has 2 aliphatic heterocycles. The minimum Gasteiger partial charge on any atom is -0.379 e. The zero-order valence-corrected chi connectivity index (χ0v) is 14.3. The van der Waals surface area contributed by atoms with Gasteiger partial charge in [-0.25, -0.2) is 4.98 Å². The van der Waals surface area contributed by atoms with Gasteiger partial charge in [-0.05, 0) is 25.0 Å². The molecule has 2 unspecified atom stereocenters. The van der Waals surface area contributed by atoms with E-state index in [9.17, 15) is 4.79 Å². The van der Waals surface area contributed by atoms with E-state index < -0.39 is 0 Å². The van der Waals surface area contributed by atoms with Crippen molar-refractivity contribution in [2.45, 2.75) is 19.9 Å². The summed E-state index contributed by atoms with van der Waals surface area (Å²) >= 11 is 0. The first kappa shape index (κ1) is 15.6. The Balaban J connectivity index is 1.51. The molecule has 24 heavy (non-hydrogen) atoms. The number of nitrogens with zero attached hydrogens (tertiary/aromatic N) is 4. The zero-order chi connectivity index (χ0) is 16.7. The number of aromatic nitrogens is 2. The lowest BCUT2D eigenvalue weighted by molar-refractivity contribution is 0.0119. The number of carbonyl (C=O) groups excluding carboxylic acids is 1. The molecule has 0 radical (unpaired) electrons. The van der Waals surface area contributed by atoms with Crippen molar-refractivity contribution in [3.63, 3.8) is 0 Å². The summed E-state index contributed by atoms with van der Waals surface area (Å²) in [4.78, 5) is 21.8. The molecule has 2 saturated heterocycles.